The predicted molar refractivity (Wildman–Crippen MR) is 73.2 cm³/mol. The van der Waals surface area contributed by atoms with E-state index in [0.717, 1.165) is 11.3 Å². The van der Waals surface area contributed by atoms with Gasteiger partial charge in [-0.1, -0.05) is 38.6 Å². The molecule has 4 heteroatoms. The van der Waals surface area contributed by atoms with Gasteiger partial charge < -0.3 is 4.74 Å². The lowest BCUT2D eigenvalue weighted by Gasteiger charge is -2.05. The predicted octanol–water partition coefficient (Wildman–Crippen LogP) is 4.23. The molecule has 0 unspecified atom stereocenters. The molecule has 0 saturated carbocycles. The highest BCUT2D eigenvalue weighted by Crippen LogP contribution is 2.14. The Morgan fingerprint density at radius 1 is 1.50 bits per heavy atom. The molecule has 18 heavy (non-hydrogen) atoms. The zero-order chi connectivity index (χ0) is 14.0. The Kier molecular flexibility index (Phi) is 7.94. The molecule has 0 atom stereocenters. The zero-order valence-corrected chi connectivity index (χ0v) is 11.1. The van der Waals surface area contributed by atoms with E-state index in [2.05, 4.69) is 6.58 Å². The van der Waals surface area contributed by atoms with Gasteiger partial charge in [-0.15, -0.1) is 0 Å². The maximum absolute atomic E-state index is 10.5. The number of nitrogens with zero attached hydrogens (tertiary/aromatic N) is 1. The summed E-state index contributed by atoms with van der Waals surface area (Å²) in [5.41, 5.74) is 0.845. The molecule has 4 nitrogen and oxygen atoms in total. The average molecular weight is 249 g/mol. The Labute approximate surface area is 108 Å². The quantitative estimate of drug-likeness (QED) is 0.339. The van der Waals surface area contributed by atoms with Gasteiger partial charge in [-0.2, -0.15) is 0 Å². The van der Waals surface area contributed by atoms with E-state index < -0.39 is 4.92 Å². The summed E-state index contributed by atoms with van der Waals surface area (Å²) in [5.74, 6) is 0.724. The van der Waals surface area contributed by atoms with Crippen LogP contribution in [0.4, 0.5) is 5.69 Å². The van der Waals surface area contributed by atoms with Gasteiger partial charge in [0.1, 0.15) is 6.61 Å². The first-order valence-electron chi connectivity index (χ1n) is 5.79. The zero-order valence-electron chi connectivity index (χ0n) is 11.1. The van der Waals surface area contributed by atoms with Crippen molar-refractivity contribution >= 4 is 5.69 Å². The number of nitro benzene ring substituents is 1. The molecule has 0 aliphatic rings. The molecular formula is C14H19NO3. The van der Waals surface area contributed by atoms with Crippen molar-refractivity contribution in [3.63, 3.8) is 0 Å². The van der Waals surface area contributed by atoms with Crippen LogP contribution in [0, 0.1) is 10.1 Å². The van der Waals surface area contributed by atoms with Crippen LogP contribution in [-0.4, -0.2) is 4.92 Å². The molecule has 0 bridgehead atoms. The molecule has 0 aliphatic heterocycles. The molecule has 0 saturated heterocycles. The highest BCUT2D eigenvalue weighted by Gasteiger charge is 2.05. The van der Waals surface area contributed by atoms with Crippen LogP contribution in [0.2, 0.25) is 0 Å². The molecule has 1 rings (SSSR count). The molecular weight excluding hydrogens is 230 g/mol. The van der Waals surface area contributed by atoms with Gasteiger partial charge in [-0.05, 0) is 18.6 Å². The van der Waals surface area contributed by atoms with Gasteiger partial charge >= 0.3 is 0 Å². The van der Waals surface area contributed by atoms with Crippen LogP contribution in [0.5, 0.6) is 0 Å². The van der Waals surface area contributed by atoms with Crippen molar-refractivity contribution in [2.24, 2.45) is 0 Å². The second kappa shape index (κ2) is 8.98. The minimum absolute atomic E-state index is 0.0754. The summed E-state index contributed by atoms with van der Waals surface area (Å²) in [6.07, 6.45) is 3.36. The Balaban J connectivity index is 0.00000137. The van der Waals surface area contributed by atoms with Crippen molar-refractivity contribution < 1.29 is 9.66 Å². The summed E-state index contributed by atoms with van der Waals surface area (Å²) in [6.45, 7) is 9.67. The first-order valence-corrected chi connectivity index (χ1v) is 5.79. The number of hydrogen-bond donors (Lipinski definition) is 0. The molecule has 0 aliphatic carbocycles. The summed E-state index contributed by atoms with van der Waals surface area (Å²) >= 11 is 0. The van der Waals surface area contributed by atoms with Gasteiger partial charge in [0.15, 0.2) is 0 Å². The van der Waals surface area contributed by atoms with Crippen molar-refractivity contribution in [2.45, 2.75) is 27.4 Å². The fraction of sp³-hybridized carbons (Fsp3) is 0.286. The van der Waals surface area contributed by atoms with E-state index in [1.165, 1.54) is 12.1 Å². The van der Waals surface area contributed by atoms with Gasteiger partial charge in [0.2, 0.25) is 0 Å². The van der Waals surface area contributed by atoms with Crippen LogP contribution >= 0.6 is 0 Å². The first kappa shape index (κ1) is 15.9. The van der Waals surface area contributed by atoms with E-state index in [4.69, 9.17) is 4.74 Å². The fourth-order valence-electron chi connectivity index (χ4n) is 1.17. The van der Waals surface area contributed by atoms with Crippen LogP contribution in [0.3, 0.4) is 0 Å². The van der Waals surface area contributed by atoms with Crippen LogP contribution in [0.15, 0.2) is 48.8 Å². The van der Waals surface area contributed by atoms with E-state index in [1.54, 1.807) is 31.2 Å². The third-order valence-electron chi connectivity index (χ3n) is 1.94. The molecule has 0 N–H and O–H groups in total. The smallest absolute Gasteiger partial charge is 0.269 e. The summed E-state index contributed by atoms with van der Waals surface area (Å²) in [5, 5.41) is 10.5. The third kappa shape index (κ3) is 5.84. The lowest BCUT2D eigenvalue weighted by molar-refractivity contribution is -0.384. The molecule has 0 heterocycles. The maximum atomic E-state index is 10.5. The van der Waals surface area contributed by atoms with Crippen molar-refractivity contribution in [2.75, 3.05) is 0 Å². The number of allylic oxidation sites excluding steroid dienone is 3. The highest BCUT2D eigenvalue weighted by molar-refractivity contribution is 5.33. The normalized spacial score (nSPS) is 10.1. The number of hydrogen-bond acceptors (Lipinski definition) is 3. The molecule has 1 aromatic carbocycles. The monoisotopic (exact) mass is 249 g/mol. The largest absolute Gasteiger partial charge is 0.494 e. The number of rotatable bonds is 5. The van der Waals surface area contributed by atoms with Gasteiger partial charge in [0, 0.05) is 12.1 Å². The number of benzene rings is 1. The minimum Gasteiger partial charge on any atom is -0.494 e. The topological polar surface area (TPSA) is 52.4 Å². The molecule has 0 fully saturated rings. The Bertz CT molecular complexity index is 425. The Morgan fingerprint density at radius 2 is 2.17 bits per heavy atom. The van der Waals surface area contributed by atoms with Gasteiger partial charge in [0.05, 0.1) is 10.7 Å². The van der Waals surface area contributed by atoms with Crippen LogP contribution < -0.4 is 0 Å². The maximum Gasteiger partial charge on any atom is 0.269 e. The Hall–Kier alpha value is -2.10. The number of non-ortho nitro benzene ring substituents is 1. The summed E-state index contributed by atoms with van der Waals surface area (Å²) in [6, 6.07) is 6.38. The van der Waals surface area contributed by atoms with E-state index in [9.17, 15) is 10.1 Å². The number of nitro groups is 1. The molecule has 1 aromatic rings. The molecule has 0 aromatic heterocycles. The second-order valence-electron chi connectivity index (χ2n) is 3.23. The van der Waals surface area contributed by atoms with Crippen LogP contribution in [0.25, 0.3) is 0 Å². The molecule has 0 spiro atoms. The SMILES string of the molecule is C=C/C=C(\C)OCc1cccc([N+](=O)[O-])c1.CC. The van der Waals surface area contributed by atoms with E-state index in [0.29, 0.717) is 6.61 Å². The standard InChI is InChI=1S/C12H13NO3.C2H6/c1-3-5-10(2)16-9-11-6-4-7-12(8-11)13(14)15;1-2/h3-8H,1,9H2,2H3;1-2H3/b10-5+;. The first-order chi connectivity index (χ1) is 8.63. The lowest BCUT2D eigenvalue weighted by Crippen LogP contribution is -1.93. The van der Waals surface area contributed by atoms with E-state index >= 15 is 0 Å². The van der Waals surface area contributed by atoms with Gasteiger partial charge in [-0.3, -0.25) is 10.1 Å². The highest BCUT2D eigenvalue weighted by atomic mass is 16.6. The van der Waals surface area contributed by atoms with Crippen molar-refractivity contribution in [3.05, 3.63) is 64.4 Å². The van der Waals surface area contributed by atoms with Crippen LogP contribution in [0.1, 0.15) is 26.3 Å². The molecule has 0 radical (unpaired) electrons. The lowest BCUT2D eigenvalue weighted by atomic mass is 10.2. The van der Waals surface area contributed by atoms with Gasteiger partial charge in [0.25, 0.3) is 5.69 Å². The van der Waals surface area contributed by atoms with Gasteiger partial charge in [-0.25, -0.2) is 0 Å². The number of ether oxygens (including phenoxy) is 1. The average Bonchev–Trinajstić information content (AvgIpc) is 2.39. The summed E-state index contributed by atoms with van der Waals surface area (Å²) < 4.78 is 5.37. The third-order valence-corrected chi connectivity index (χ3v) is 1.94. The van der Waals surface area contributed by atoms with E-state index in [-0.39, 0.29) is 5.69 Å². The van der Waals surface area contributed by atoms with Crippen molar-refractivity contribution in [1.29, 1.82) is 0 Å². The fourth-order valence-corrected chi connectivity index (χ4v) is 1.17. The van der Waals surface area contributed by atoms with Crippen LogP contribution in [-0.2, 0) is 11.3 Å². The summed E-state index contributed by atoms with van der Waals surface area (Å²) in [7, 11) is 0. The second-order valence-corrected chi connectivity index (χ2v) is 3.23. The summed E-state index contributed by atoms with van der Waals surface area (Å²) in [4.78, 5) is 10.1. The van der Waals surface area contributed by atoms with Crippen molar-refractivity contribution in [1.82, 2.24) is 0 Å². The molecule has 98 valence electrons. The van der Waals surface area contributed by atoms with Crippen molar-refractivity contribution in [3.8, 4) is 0 Å². The Morgan fingerprint density at radius 3 is 2.72 bits per heavy atom. The van der Waals surface area contributed by atoms with E-state index in [1.807, 2.05) is 13.8 Å². The minimum atomic E-state index is -0.421. The molecule has 0 amide bonds.